The predicted octanol–water partition coefficient (Wildman–Crippen LogP) is 4.06. The lowest BCUT2D eigenvalue weighted by Gasteiger charge is -2.21. The highest BCUT2D eigenvalue weighted by Crippen LogP contribution is 2.20. The van der Waals surface area contributed by atoms with Gasteiger partial charge < -0.3 is 5.32 Å². The van der Waals surface area contributed by atoms with Gasteiger partial charge in [-0.25, -0.2) is 4.68 Å². The fraction of sp³-hybridized carbons (Fsp3) is 0.278. The number of carbonyl (C=O) groups excluding carboxylic acids is 1. The van der Waals surface area contributed by atoms with Crippen LogP contribution in [0.2, 0.25) is 5.02 Å². The fourth-order valence-electron chi connectivity index (χ4n) is 2.62. The van der Waals surface area contributed by atoms with E-state index in [-0.39, 0.29) is 12.1 Å². The number of hydrogen-bond donors (Lipinski definition) is 1. The van der Waals surface area contributed by atoms with Crippen LogP contribution < -0.4 is 5.32 Å². The second kappa shape index (κ2) is 7.01. The lowest BCUT2D eigenvalue weighted by molar-refractivity contribution is 0.0908. The third kappa shape index (κ3) is 3.57. The Kier molecular flexibility index (Phi) is 4.81. The van der Waals surface area contributed by atoms with E-state index in [0.717, 1.165) is 17.5 Å². The molecule has 0 spiro atoms. The van der Waals surface area contributed by atoms with Crippen molar-refractivity contribution < 1.29 is 4.79 Å². The molecule has 1 N–H and O–H groups in total. The zero-order valence-electron chi connectivity index (χ0n) is 13.6. The van der Waals surface area contributed by atoms with E-state index >= 15 is 0 Å². The van der Waals surface area contributed by atoms with Crippen molar-refractivity contribution in [1.29, 1.82) is 0 Å². The van der Waals surface area contributed by atoms with Gasteiger partial charge in [-0.05, 0) is 48.7 Å². The van der Waals surface area contributed by atoms with E-state index in [9.17, 15) is 4.79 Å². The second-order valence-corrected chi connectivity index (χ2v) is 6.58. The maximum Gasteiger partial charge on any atom is 0.252 e. The summed E-state index contributed by atoms with van der Waals surface area (Å²) in [6.45, 7) is 4.22. The van der Waals surface area contributed by atoms with Crippen LogP contribution in [0.15, 0.2) is 48.5 Å². The van der Waals surface area contributed by atoms with Crippen LogP contribution in [-0.2, 0) is 0 Å². The quantitative estimate of drug-likeness (QED) is 0.760. The minimum atomic E-state index is -0.263. The van der Waals surface area contributed by atoms with Crippen LogP contribution in [0, 0.1) is 5.92 Å². The first-order valence-corrected chi connectivity index (χ1v) is 8.29. The molecule has 1 heterocycles. The molecule has 24 heavy (non-hydrogen) atoms. The van der Waals surface area contributed by atoms with Crippen molar-refractivity contribution in [3.05, 3.63) is 59.1 Å². The van der Waals surface area contributed by atoms with E-state index in [1.807, 2.05) is 24.3 Å². The number of para-hydroxylation sites is 1. The number of nitrogens with zero attached hydrogens (tertiary/aromatic N) is 3. The zero-order valence-corrected chi connectivity index (χ0v) is 14.4. The molecule has 1 amide bonds. The van der Waals surface area contributed by atoms with Gasteiger partial charge >= 0.3 is 0 Å². The summed E-state index contributed by atoms with van der Waals surface area (Å²) in [5.74, 6) is 0.236. The molecule has 0 fully saturated rings. The Bertz CT molecular complexity index is 842. The van der Waals surface area contributed by atoms with Crippen molar-refractivity contribution in [2.24, 2.45) is 5.92 Å². The summed E-state index contributed by atoms with van der Waals surface area (Å²) in [6, 6.07) is 14.6. The van der Waals surface area contributed by atoms with E-state index in [1.54, 1.807) is 28.9 Å². The van der Waals surface area contributed by atoms with Crippen LogP contribution >= 0.6 is 11.6 Å². The molecule has 3 rings (SSSR count). The first-order chi connectivity index (χ1) is 11.5. The normalized spacial score (nSPS) is 12.5. The zero-order chi connectivity index (χ0) is 17.1. The van der Waals surface area contributed by atoms with Crippen molar-refractivity contribution in [2.75, 3.05) is 0 Å². The summed E-state index contributed by atoms with van der Waals surface area (Å²) < 4.78 is 1.78. The van der Waals surface area contributed by atoms with Gasteiger partial charge in [-0.1, -0.05) is 42.8 Å². The summed E-state index contributed by atoms with van der Waals surface area (Å²) in [7, 11) is 0. The minimum Gasteiger partial charge on any atom is -0.330 e. The third-order valence-corrected chi connectivity index (χ3v) is 4.02. The molecule has 5 nitrogen and oxygen atoms in total. The molecule has 0 saturated heterocycles. The molecule has 0 aliphatic rings. The average molecular weight is 343 g/mol. The fourth-order valence-corrected chi connectivity index (χ4v) is 2.75. The van der Waals surface area contributed by atoms with Gasteiger partial charge in [0, 0.05) is 10.6 Å². The molecule has 0 aliphatic heterocycles. The smallest absolute Gasteiger partial charge is 0.252 e. The molecule has 0 saturated carbocycles. The third-order valence-electron chi connectivity index (χ3n) is 3.77. The summed E-state index contributed by atoms with van der Waals surface area (Å²) in [5.41, 5.74) is 2.28. The molecule has 0 aliphatic carbocycles. The predicted molar refractivity (Wildman–Crippen MR) is 94.9 cm³/mol. The largest absolute Gasteiger partial charge is 0.330 e. The van der Waals surface area contributed by atoms with Crippen molar-refractivity contribution in [2.45, 2.75) is 26.4 Å². The van der Waals surface area contributed by atoms with Gasteiger partial charge in [0.15, 0.2) is 0 Å². The summed E-state index contributed by atoms with van der Waals surface area (Å²) in [5, 5.41) is 12.1. The Labute approximate surface area is 145 Å². The Morgan fingerprint density at radius 3 is 2.58 bits per heavy atom. The summed E-state index contributed by atoms with van der Waals surface area (Å²) >= 11 is 5.88. The SMILES string of the molecule is CC(C)CC(NC(=O)c1ccc(Cl)cc1)n1nnc2ccccc21. The Hall–Kier alpha value is -2.40. The molecule has 0 radical (unpaired) electrons. The van der Waals surface area contributed by atoms with Crippen LogP contribution in [0.4, 0.5) is 0 Å². The number of carbonyl (C=O) groups is 1. The van der Waals surface area contributed by atoms with Crippen molar-refractivity contribution >= 4 is 28.5 Å². The van der Waals surface area contributed by atoms with Gasteiger partial charge in [0.1, 0.15) is 11.7 Å². The number of nitrogens with one attached hydrogen (secondary N) is 1. The molecule has 1 unspecified atom stereocenters. The molecule has 2 aromatic carbocycles. The monoisotopic (exact) mass is 342 g/mol. The molecule has 1 aromatic heterocycles. The number of amides is 1. The van der Waals surface area contributed by atoms with Crippen LogP contribution in [-0.4, -0.2) is 20.9 Å². The standard InChI is InChI=1S/C18H19ClN4O/c1-12(2)11-17(20-18(24)13-7-9-14(19)10-8-13)23-16-6-4-3-5-15(16)21-22-23/h3-10,12,17H,11H2,1-2H3,(H,20,24). The topological polar surface area (TPSA) is 59.8 Å². The number of fused-ring (bicyclic) bond motifs is 1. The van der Waals surface area contributed by atoms with Gasteiger partial charge in [-0.3, -0.25) is 4.79 Å². The van der Waals surface area contributed by atoms with E-state index in [0.29, 0.717) is 16.5 Å². The van der Waals surface area contributed by atoms with Gasteiger partial charge in [0.2, 0.25) is 0 Å². The van der Waals surface area contributed by atoms with E-state index < -0.39 is 0 Å². The highest BCUT2D eigenvalue weighted by molar-refractivity contribution is 6.30. The maximum absolute atomic E-state index is 12.6. The number of benzene rings is 2. The molecule has 6 heteroatoms. The molecule has 1 atom stereocenters. The van der Waals surface area contributed by atoms with E-state index in [4.69, 9.17) is 11.6 Å². The number of aromatic nitrogens is 3. The molecule has 0 bridgehead atoms. The van der Waals surface area contributed by atoms with E-state index in [1.165, 1.54) is 0 Å². The second-order valence-electron chi connectivity index (χ2n) is 6.15. The lowest BCUT2D eigenvalue weighted by atomic mass is 10.1. The molecule has 3 aromatic rings. The van der Waals surface area contributed by atoms with E-state index in [2.05, 4.69) is 29.5 Å². The number of halogens is 1. The lowest BCUT2D eigenvalue weighted by Crippen LogP contribution is -2.34. The molecule has 124 valence electrons. The van der Waals surface area contributed by atoms with Gasteiger partial charge in [0.25, 0.3) is 5.91 Å². The highest BCUT2D eigenvalue weighted by Gasteiger charge is 2.20. The number of hydrogen-bond acceptors (Lipinski definition) is 3. The minimum absolute atomic E-state index is 0.156. The van der Waals surface area contributed by atoms with Crippen molar-refractivity contribution in [1.82, 2.24) is 20.3 Å². The molecular formula is C18H19ClN4O. The average Bonchev–Trinajstić information content (AvgIpc) is 2.98. The maximum atomic E-state index is 12.6. The highest BCUT2D eigenvalue weighted by atomic mass is 35.5. The van der Waals surface area contributed by atoms with Crippen molar-refractivity contribution in [3.63, 3.8) is 0 Å². The summed E-state index contributed by atoms with van der Waals surface area (Å²) in [6.07, 6.45) is 0.493. The van der Waals surface area contributed by atoms with Crippen molar-refractivity contribution in [3.8, 4) is 0 Å². The Balaban J connectivity index is 1.89. The van der Waals surface area contributed by atoms with Gasteiger partial charge in [0.05, 0.1) is 5.52 Å². The first-order valence-electron chi connectivity index (χ1n) is 7.91. The Morgan fingerprint density at radius 2 is 1.88 bits per heavy atom. The van der Waals surface area contributed by atoms with Gasteiger partial charge in [-0.2, -0.15) is 0 Å². The van der Waals surface area contributed by atoms with Gasteiger partial charge in [-0.15, -0.1) is 5.10 Å². The molecular weight excluding hydrogens is 324 g/mol. The first kappa shape index (κ1) is 16.5. The summed E-state index contributed by atoms with van der Waals surface area (Å²) in [4.78, 5) is 12.6. The van der Waals surface area contributed by atoms with Crippen LogP contribution in [0.25, 0.3) is 11.0 Å². The number of rotatable bonds is 5. The van der Waals surface area contributed by atoms with Crippen LogP contribution in [0.5, 0.6) is 0 Å². The van der Waals surface area contributed by atoms with Crippen LogP contribution in [0.3, 0.4) is 0 Å². The van der Waals surface area contributed by atoms with Crippen LogP contribution in [0.1, 0.15) is 36.8 Å². The Morgan fingerprint density at radius 1 is 1.17 bits per heavy atom.